The molecule has 0 aromatic carbocycles. The minimum absolute atomic E-state index is 0.0409. The van der Waals surface area contributed by atoms with E-state index in [1.165, 1.54) is 27.9 Å². The third kappa shape index (κ3) is 3.71. The summed E-state index contributed by atoms with van der Waals surface area (Å²) in [4.78, 5) is 29.2. The van der Waals surface area contributed by atoms with Crippen LogP contribution in [-0.2, 0) is 11.3 Å². The molecular weight excluding hydrogens is 258 g/mol. The molecule has 0 unspecified atom stereocenters. The second-order valence-corrected chi connectivity index (χ2v) is 4.46. The molecule has 0 fully saturated rings. The molecule has 0 aliphatic rings. The number of hydrogen-bond acceptors (Lipinski definition) is 4. The molecule has 0 atom stereocenters. The summed E-state index contributed by atoms with van der Waals surface area (Å²) in [6, 6.07) is 3.17. The van der Waals surface area contributed by atoms with Crippen molar-refractivity contribution in [1.82, 2.24) is 9.47 Å². The summed E-state index contributed by atoms with van der Waals surface area (Å²) in [5.41, 5.74) is 11.4. The Hall–Kier alpha value is -2.57. The van der Waals surface area contributed by atoms with Crippen molar-refractivity contribution in [2.24, 2.45) is 16.5 Å². The van der Waals surface area contributed by atoms with Gasteiger partial charge < -0.3 is 20.9 Å². The van der Waals surface area contributed by atoms with E-state index in [1.54, 1.807) is 27.1 Å². The molecule has 1 amide bonds. The zero-order chi connectivity index (χ0) is 15.3. The highest BCUT2D eigenvalue weighted by molar-refractivity contribution is 5.97. The number of rotatable bonds is 4. The molecule has 1 aromatic rings. The van der Waals surface area contributed by atoms with E-state index < -0.39 is 0 Å². The van der Waals surface area contributed by atoms with Gasteiger partial charge in [-0.2, -0.15) is 0 Å². The van der Waals surface area contributed by atoms with Gasteiger partial charge >= 0.3 is 0 Å². The minimum Gasteiger partial charge on any atom is -0.404 e. The van der Waals surface area contributed by atoms with Crippen LogP contribution in [0.4, 0.5) is 5.69 Å². The van der Waals surface area contributed by atoms with E-state index in [0.29, 0.717) is 5.57 Å². The van der Waals surface area contributed by atoms with Gasteiger partial charge in [0.15, 0.2) is 0 Å². The lowest BCUT2D eigenvalue weighted by atomic mass is 10.3. The van der Waals surface area contributed by atoms with Crippen molar-refractivity contribution < 1.29 is 4.79 Å². The number of pyridine rings is 1. The van der Waals surface area contributed by atoms with Crippen LogP contribution in [-0.4, -0.2) is 35.3 Å². The summed E-state index contributed by atoms with van der Waals surface area (Å²) in [6.07, 6.45) is 2.85. The maximum Gasteiger partial charge on any atom is 0.276 e. The Kier molecular flexibility index (Phi) is 5.08. The first-order valence-corrected chi connectivity index (χ1v) is 5.99. The van der Waals surface area contributed by atoms with Crippen molar-refractivity contribution in [2.45, 2.75) is 13.5 Å². The third-order valence-electron chi connectivity index (χ3n) is 2.70. The van der Waals surface area contributed by atoms with Gasteiger partial charge in [0.25, 0.3) is 5.56 Å². The molecule has 0 saturated heterocycles. The first-order chi connectivity index (χ1) is 9.36. The first kappa shape index (κ1) is 15.5. The maximum absolute atomic E-state index is 12.2. The van der Waals surface area contributed by atoms with Crippen LogP contribution in [0.1, 0.15) is 6.92 Å². The molecule has 0 bridgehead atoms. The van der Waals surface area contributed by atoms with Crippen LogP contribution in [0.5, 0.6) is 0 Å². The van der Waals surface area contributed by atoms with Crippen molar-refractivity contribution >= 4 is 17.4 Å². The molecule has 0 aliphatic heterocycles. The van der Waals surface area contributed by atoms with Gasteiger partial charge in [0.05, 0.1) is 0 Å². The molecule has 1 heterocycles. The van der Waals surface area contributed by atoms with Crippen LogP contribution in [0.2, 0.25) is 0 Å². The maximum atomic E-state index is 12.2. The zero-order valence-corrected chi connectivity index (χ0v) is 11.8. The molecule has 0 aliphatic carbocycles. The summed E-state index contributed by atoms with van der Waals surface area (Å²) in [5.74, 6) is -0.0134. The number of carbonyl (C=O) groups excluding carboxylic acids is 1. The number of amidine groups is 1. The average molecular weight is 277 g/mol. The van der Waals surface area contributed by atoms with Crippen LogP contribution in [0.25, 0.3) is 0 Å². The van der Waals surface area contributed by atoms with Crippen LogP contribution < -0.4 is 17.0 Å². The number of amides is 1. The lowest BCUT2D eigenvalue weighted by Crippen LogP contribution is -2.31. The van der Waals surface area contributed by atoms with Crippen LogP contribution in [0.15, 0.2) is 39.9 Å². The predicted molar refractivity (Wildman–Crippen MR) is 78.6 cm³/mol. The summed E-state index contributed by atoms with van der Waals surface area (Å²) >= 11 is 0. The van der Waals surface area contributed by atoms with E-state index >= 15 is 0 Å². The number of nitrogens with two attached hydrogens (primary N) is 2. The standard InChI is InChI=1S/C13H19N5O2/c1-9(7-14)12(15)16-10-5-4-6-18(13(10)20)8-11(19)17(2)3/h4-7H,8,14H2,1-3H3,(H2,15,16). The van der Waals surface area contributed by atoms with Crippen LogP contribution in [0.3, 0.4) is 0 Å². The van der Waals surface area contributed by atoms with E-state index in [0.717, 1.165) is 0 Å². The van der Waals surface area contributed by atoms with E-state index in [9.17, 15) is 9.59 Å². The zero-order valence-electron chi connectivity index (χ0n) is 11.8. The second kappa shape index (κ2) is 6.55. The van der Waals surface area contributed by atoms with Crippen molar-refractivity contribution in [3.63, 3.8) is 0 Å². The molecule has 0 saturated carbocycles. The summed E-state index contributed by atoms with van der Waals surface area (Å²) in [6.45, 7) is 1.65. The Balaban J connectivity index is 3.14. The highest BCUT2D eigenvalue weighted by Crippen LogP contribution is 2.05. The summed E-state index contributed by atoms with van der Waals surface area (Å²) in [7, 11) is 3.26. The lowest BCUT2D eigenvalue weighted by Gasteiger charge is -2.11. The lowest BCUT2D eigenvalue weighted by molar-refractivity contribution is -0.129. The fraction of sp³-hybridized carbons (Fsp3) is 0.308. The Morgan fingerprint density at radius 3 is 2.70 bits per heavy atom. The van der Waals surface area contributed by atoms with Gasteiger partial charge in [0.2, 0.25) is 5.91 Å². The number of likely N-dealkylation sites (N-methyl/N-ethyl adjacent to an activating group) is 1. The largest absolute Gasteiger partial charge is 0.404 e. The van der Waals surface area contributed by atoms with Crippen LogP contribution >= 0.6 is 0 Å². The van der Waals surface area contributed by atoms with Crippen molar-refractivity contribution in [1.29, 1.82) is 0 Å². The third-order valence-corrected chi connectivity index (χ3v) is 2.70. The molecule has 7 nitrogen and oxygen atoms in total. The monoisotopic (exact) mass is 277 g/mol. The number of nitrogens with zero attached hydrogens (tertiary/aromatic N) is 3. The first-order valence-electron chi connectivity index (χ1n) is 5.99. The van der Waals surface area contributed by atoms with E-state index in [2.05, 4.69) is 4.99 Å². The van der Waals surface area contributed by atoms with Gasteiger partial charge in [-0.1, -0.05) is 0 Å². The van der Waals surface area contributed by atoms with Gasteiger partial charge in [0, 0.05) is 32.1 Å². The second-order valence-electron chi connectivity index (χ2n) is 4.46. The van der Waals surface area contributed by atoms with Crippen molar-refractivity contribution in [2.75, 3.05) is 14.1 Å². The fourth-order valence-electron chi connectivity index (χ4n) is 1.32. The highest BCUT2D eigenvalue weighted by Gasteiger charge is 2.09. The quantitative estimate of drug-likeness (QED) is 0.586. The molecule has 20 heavy (non-hydrogen) atoms. The Morgan fingerprint density at radius 1 is 1.50 bits per heavy atom. The Bertz CT molecular complexity index is 613. The van der Waals surface area contributed by atoms with Gasteiger partial charge in [-0.25, -0.2) is 4.99 Å². The highest BCUT2D eigenvalue weighted by atomic mass is 16.2. The molecule has 1 rings (SSSR count). The molecule has 0 radical (unpaired) electrons. The van der Waals surface area contributed by atoms with Gasteiger partial charge in [-0.15, -0.1) is 0 Å². The number of carbonyl (C=O) groups is 1. The summed E-state index contributed by atoms with van der Waals surface area (Å²) in [5, 5.41) is 0. The number of hydrogen-bond donors (Lipinski definition) is 2. The van der Waals surface area contributed by atoms with Crippen LogP contribution in [0, 0.1) is 0 Å². The molecule has 4 N–H and O–H groups in total. The number of aliphatic imine (C=N–C) groups is 1. The minimum atomic E-state index is -0.379. The smallest absolute Gasteiger partial charge is 0.276 e. The van der Waals surface area contributed by atoms with E-state index in [1.807, 2.05) is 0 Å². The van der Waals surface area contributed by atoms with Gasteiger partial charge in [-0.05, 0) is 19.1 Å². The fourth-order valence-corrected chi connectivity index (χ4v) is 1.32. The predicted octanol–water partition coefficient (Wildman–Crippen LogP) is -0.212. The normalized spacial score (nSPS) is 12.3. The topological polar surface area (TPSA) is 107 Å². The number of aromatic nitrogens is 1. The Labute approximate surface area is 117 Å². The summed E-state index contributed by atoms with van der Waals surface area (Å²) < 4.78 is 1.29. The molecular formula is C13H19N5O2. The van der Waals surface area contributed by atoms with Gasteiger partial charge in [0.1, 0.15) is 18.1 Å². The average Bonchev–Trinajstić information content (AvgIpc) is 2.41. The van der Waals surface area contributed by atoms with Crippen molar-refractivity contribution in [3.05, 3.63) is 40.5 Å². The molecule has 0 spiro atoms. The van der Waals surface area contributed by atoms with E-state index in [4.69, 9.17) is 11.5 Å². The van der Waals surface area contributed by atoms with E-state index in [-0.39, 0.29) is 29.5 Å². The Morgan fingerprint density at radius 2 is 2.15 bits per heavy atom. The SMILES string of the molecule is CC(=CN)C(N)=Nc1cccn(CC(=O)N(C)C)c1=O. The molecule has 1 aromatic heterocycles. The molecule has 7 heteroatoms. The molecule has 108 valence electrons. The van der Waals surface area contributed by atoms with Gasteiger partial charge in [-0.3, -0.25) is 9.59 Å². The van der Waals surface area contributed by atoms with Crippen molar-refractivity contribution in [3.8, 4) is 0 Å².